The van der Waals surface area contributed by atoms with Gasteiger partial charge in [0.05, 0.1) is 5.52 Å². The zero-order valence-electron chi connectivity index (χ0n) is 10.1. The molecule has 0 amide bonds. The molecule has 0 bridgehead atoms. The highest BCUT2D eigenvalue weighted by Gasteiger charge is 2.61. The summed E-state index contributed by atoms with van der Waals surface area (Å²) in [7, 11) is 0. The fourth-order valence-corrected chi connectivity index (χ4v) is 1.86. The summed E-state index contributed by atoms with van der Waals surface area (Å²) in [6.07, 6.45) is -5.11. The first-order valence-corrected chi connectivity index (χ1v) is 5.95. The molecule has 0 saturated carbocycles. The number of alkyl halides is 5. The second-order valence-electron chi connectivity index (χ2n) is 4.12. The Labute approximate surface area is 115 Å². The molecule has 0 spiro atoms. The molecule has 8 heteroatoms. The minimum Gasteiger partial charge on any atom is -0.227 e. The average molecular weight is 311 g/mol. The van der Waals surface area contributed by atoms with Crippen molar-refractivity contribution in [3.8, 4) is 0 Å². The molecule has 0 atom stereocenters. The summed E-state index contributed by atoms with van der Waals surface area (Å²) < 4.78 is 63.3. The first kappa shape index (κ1) is 14.9. The maximum Gasteiger partial charge on any atom is 0.461 e. The summed E-state index contributed by atoms with van der Waals surface area (Å²) in [5.74, 6) is -6.79. The summed E-state index contributed by atoms with van der Waals surface area (Å²) in [5, 5.41) is -0.183. The standard InChI is InChI=1S/C12H8ClF5N2/c1-2-6-3-4-8-7(5-6)9(13)20-10(19-8)11(14,15)12(16,17)18/h3-5H,2H2,1H3. The highest BCUT2D eigenvalue weighted by atomic mass is 35.5. The van der Waals surface area contributed by atoms with Crippen LogP contribution in [0.4, 0.5) is 22.0 Å². The van der Waals surface area contributed by atoms with E-state index in [1.54, 1.807) is 12.1 Å². The van der Waals surface area contributed by atoms with Crippen molar-refractivity contribution in [1.82, 2.24) is 9.97 Å². The summed E-state index contributed by atoms with van der Waals surface area (Å²) in [6.45, 7) is 1.86. The monoisotopic (exact) mass is 310 g/mol. The van der Waals surface area contributed by atoms with E-state index in [1.165, 1.54) is 6.07 Å². The molecule has 0 saturated heterocycles. The van der Waals surface area contributed by atoms with Gasteiger partial charge in [-0.15, -0.1) is 0 Å². The van der Waals surface area contributed by atoms with Gasteiger partial charge >= 0.3 is 12.1 Å². The molecule has 0 fully saturated rings. The van der Waals surface area contributed by atoms with Gasteiger partial charge in [0, 0.05) is 5.39 Å². The topological polar surface area (TPSA) is 25.8 Å². The van der Waals surface area contributed by atoms with Gasteiger partial charge in [-0.05, 0) is 24.1 Å². The lowest BCUT2D eigenvalue weighted by Gasteiger charge is -2.18. The Morgan fingerprint density at radius 2 is 1.75 bits per heavy atom. The quantitative estimate of drug-likeness (QED) is 0.603. The molecule has 2 rings (SSSR count). The fraction of sp³-hybridized carbons (Fsp3) is 0.333. The van der Waals surface area contributed by atoms with Gasteiger partial charge in [0.25, 0.3) is 0 Å². The second-order valence-corrected chi connectivity index (χ2v) is 4.47. The van der Waals surface area contributed by atoms with Gasteiger partial charge in [0.2, 0.25) is 5.82 Å². The minimum atomic E-state index is -5.77. The second kappa shape index (κ2) is 4.80. The molecule has 1 aromatic heterocycles. The van der Waals surface area contributed by atoms with Gasteiger partial charge in [0.1, 0.15) is 5.15 Å². The molecular formula is C12H8ClF5N2. The van der Waals surface area contributed by atoms with E-state index >= 15 is 0 Å². The number of halogens is 6. The van der Waals surface area contributed by atoms with Crippen molar-refractivity contribution in [3.05, 3.63) is 34.7 Å². The van der Waals surface area contributed by atoms with Gasteiger partial charge in [0.15, 0.2) is 0 Å². The van der Waals surface area contributed by atoms with Crippen LogP contribution in [0, 0.1) is 0 Å². The van der Waals surface area contributed by atoms with Gasteiger partial charge < -0.3 is 0 Å². The summed E-state index contributed by atoms with van der Waals surface area (Å²) >= 11 is 5.70. The number of aromatic nitrogens is 2. The van der Waals surface area contributed by atoms with Crippen molar-refractivity contribution in [2.45, 2.75) is 25.4 Å². The van der Waals surface area contributed by atoms with Crippen LogP contribution in [0.25, 0.3) is 10.9 Å². The third-order valence-corrected chi connectivity index (χ3v) is 3.05. The fourth-order valence-electron chi connectivity index (χ4n) is 1.63. The number of hydrogen-bond acceptors (Lipinski definition) is 2. The van der Waals surface area contributed by atoms with Crippen molar-refractivity contribution < 1.29 is 22.0 Å². The van der Waals surface area contributed by atoms with Crippen molar-refractivity contribution in [1.29, 1.82) is 0 Å². The number of nitrogens with zero attached hydrogens (tertiary/aromatic N) is 2. The highest BCUT2D eigenvalue weighted by molar-refractivity contribution is 6.34. The number of hydrogen-bond donors (Lipinski definition) is 0. The molecule has 108 valence electrons. The third kappa shape index (κ3) is 2.42. The van der Waals surface area contributed by atoms with Crippen molar-refractivity contribution >= 4 is 22.5 Å². The van der Waals surface area contributed by atoms with E-state index in [4.69, 9.17) is 11.6 Å². The van der Waals surface area contributed by atoms with Crippen LogP contribution in [-0.4, -0.2) is 16.1 Å². The molecular weight excluding hydrogens is 303 g/mol. The number of rotatable bonds is 2. The van der Waals surface area contributed by atoms with E-state index < -0.39 is 23.1 Å². The van der Waals surface area contributed by atoms with E-state index in [-0.39, 0.29) is 10.9 Å². The van der Waals surface area contributed by atoms with E-state index in [2.05, 4.69) is 9.97 Å². The zero-order valence-corrected chi connectivity index (χ0v) is 10.9. The molecule has 0 N–H and O–H groups in total. The average Bonchev–Trinajstić information content (AvgIpc) is 2.36. The number of aryl methyl sites for hydroxylation is 1. The van der Waals surface area contributed by atoms with Crippen LogP contribution in [0.2, 0.25) is 5.15 Å². The van der Waals surface area contributed by atoms with Crippen LogP contribution in [0.3, 0.4) is 0 Å². The highest BCUT2D eigenvalue weighted by Crippen LogP contribution is 2.43. The van der Waals surface area contributed by atoms with Crippen LogP contribution < -0.4 is 0 Å². The summed E-state index contributed by atoms with van der Waals surface area (Å²) in [5.41, 5.74) is 0.791. The van der Waals surface area contributed by atoms with Crippen LogP contribution in [0.1, 0.15) is 18.3 Å². The van der Waals surface area contributed by atoms with E-state index in [0.29, 0.717) is 6.42 Å². The summed E-state index contributed by atoms with van der Waals surface area (Å²) in [6, 6.07) is 4.49. The first-order valence-electron chi connectivity index (χ1n) is 5.58. The molecule has 0 aliphatic carbocycles. The molecule has 0 radical (unpaired) electrons. The molecule has 20 heavy (non-hydrogen) atoms. The Morgan fingerprint density at radius 1 is 1.10 bits per heavy atom. The Balaban J connectivity index is 2.65. The lowest BCUT2D eigenvalue weighted by atomic mass is 10.1. The van der Waals surface area contributed by atoms with E-state index in [1.807, 2.05) is 6.92 Å². The smallest absolute Gasteiger partial charge is 0.227 e. The van der Waals surface area contributed by atoms with Gasteiger partial charge in [-0.3, -0.25) is 0 Å². The number of benzene rings is 1. The predicted molar refractivity (Wildman–Crippen MR) is 63.9 cm³/mol. The normalized spacial score (nSPS) is 12.9. The third-order valence-electron chi connectivity index (χ3n) is 2.76. The van der Waals surface area contributed by atoms with Crippen LogP contribution in [-0.2, 0) is 12.3 Å². The van der Waals surface area contributed by atoms with Gasteiger partial charge in [-0.2, -0.15) is 22.0 Å². The summed E-state index contributed by atoms with van der Waals surface area (Å²) in [4.78, 5) is 6.38. The van der Waals surface area contributed by atoms with Crippen molar-refractivity contribution in [2.24, 2.45) is 0 Å². The Hall–Kier alpha value is -1.50. The molecule has 1 aromatic carbocycles. The van der Waals surface area contributed by atoms with Gasteiger partial charge in [-0.25, -0.2) is 9.97 Å². The van der Waals surface area contributed by atoms with Crippen LogP contribution >= 0.6 is 11.6 Å². The number of fused-ring (bicyclic) bond motifs is 1. The maximum absolute atomic E-state index is 13.2. The Bertz CT molecular complexity index is 654. The van der Waals surface area contributed by atoms with E-state index in [9.17, 15) is 22.0 Å². The Kier molecular flexibility index (Phi) is 3.58. The molecule has 0 aliphatic rings. The largest absolute Gasteiger partial charge is 0.461 e. The lowest BCUT2D eigenvalue weighted by Crippen LogP contribution is -2.35. The van der Waals surface area contributed by atoms with Crippen LogP contribution in [0.15, 0.2) is 18.2 Å². The van der Waals surface area contributed by atoms with Crippen LogP contribution in [0.5, 0.6) is 0 Å². The maximum atomic E-state index is 13.2. The molecule has 0 aliphatic heterocycles. The Morgan fingerprint density at radius 3 is 2.30 bits per heavy atom. The van der Waals surface area contributed by atoms with Crippen molar-refractivity contribution in [2.75, 3.05) is 0 Å². The van der Waals surface area contributed by atoms with E-state index in [0.717, 1.165) is 5.56 Å². The van der Waals surface area contributed by atoms with Crippen molar-refractivity contribution in [3.63, 3.8) is 0 Å². The molecule has 0 unspecified atom stereocenters. The predicted octanol–water partition coefficient (Wildman–Crippen LogP) is 4.50. The zero-order chi connectivity index (χ0) is 15.1. The first-order chi connectivity index (χ1) is 9.16. The SMILES string of the molecule is CCc1ccc2nc(C(F)(F)C(F)(F)F)nc(Cl)c2c1. The minimum absolute atomic E-state index is 0.0545. The molecule has 2 aromatic rings. The van der Waals surface area contributed by atoms with Gasteiger partial charge in [-0.1, -0.05) is 24.6 Å². The molecule has 2 nitrogen and oxygen atoms in total. The molecule has 1 heterocycles. The lowest BCUT2D eigenvalue weighted by molar-refractivity contribution is -0.292.